The summed E-state index contributed by atoms with van der Waals surface area (Å²) in [5, 5.41) is 8.09. The fraction of sp³-hybridized carbons (Fsp3) is 0.857. The molecule has 2 heteroatoms. The fourth-order valence-electron chi connectivity index (χ4n) is 0.808. The Labute approximate surface area is 61.6 Å². The van der Waals surface area contributed by atoms with Crippen LogP contribution in [0.5, 0.6) is 0 Å². The zero-order chi connectivity index (χ0) is 7.28. The molecule has 0 heterocycles. The smallest absolute Gasteiger partial charge is 0.123 e. The second-order valence-corrected chi connectivity index (χ2v) is 2.58. The summed E-state index contributed by atoms with van der Waals surface area (Å²) in [5.74, 6) is 0.372. The Morgan fingerprint density at radius 1 is 1.44 bits per heavy atom. The third-order valence-corrected chi connectivity index (χ3v) is 2.04. The van der Waals surface area contributed by atoms with Crippen molar-refractivity contribution in [1.29, 1.82) is 5.26 Å². The van der Waals surface area contributed by atoms with Crippen LogP contribution < -0.4 is 0 Å². The molecular formula is C7H12ClN. The summed E-state index contributed by atoms with van der Waals surface area (Å²) in [6, 6.07) is 2.03. The highest BCUT2D eigenvalue weighted by atomic mass is 35.5. The van der Waals surface area contributed by atoms with Gasteiger partial charge in [-0.1, -0.05) is 26.7 Å². The molecule has 0 radical (unpaired) electrons. The Morgan fingerprint density at radius 3 is 2.00 bits per heavy atom. The van der Waals surface area contributed by atoms with Gasteiger partial charge in [0, 0.05) is 0 Å². The maximum Gasteiger partial charge on any atom is 0.123 e. The molecule has 0 amide bonds. The van der Waals surface area contributed by atoms with Crippen LogP contribution >= 0.6 is 11.6 Å². The van der Waals surface area contributed by atoms with E-state index in [1.807, 2.05) is 6.07 Å². The Morgan fingerprint density at radius 2 is 1.89 bits per heavy atom. The molecule has 0 aromatic heterocycles. The normalized spacial score (nSPS) is 13.2. The van der Waals surface area contributed by atoms with E-state index in [1.54, 1.807) is 0 Å². The number of halogens is 1. The van der Waals surface area contributed by atoms with Crippen LogP contribution in [0.1, 0.15) is 26.7 Å². The molecule has 9 heavy (non-hydrogen) atoms. The van der Waals surface area contributed by atoms with Gasteiger partial charge in [0.25, 0.3) is 0 Å². The van der Waals surface area contributed by atoms with Crippen molar-refractivity contribution in [2.45, 2.75) is 32.1 Å². The van der Waals surface area contributed by atoms with Crippen LogP contribution in [0.3, 0.4) is 0 Å². The SMILES string of the molecule is CCC(CC)C(Cl)C#N. The first-order valence-electron chi connectivity index (χ1n) is 3.29. The van der Waals surface area contributed by atoms with Crippen molar-refractivity contribution in [2.24, 2.45) is 5.92 Å². The van der Waals surface area contributed by atoms with Crippen LogP contribution in [0, 0.1) is 17.2 Å². The summed E-state index contributed by atoms with van der Waals surface area (Å²) in [6.07, 6.45) is 2.00. The van der Waals surface area contributed by atoms with E-state index in [-0.39, 0.29) is 5.38 Å². The Bertz CT molecular complexity index is 102. The molecule has 0 spiro atoms. The third kappa shape index (κ3) is 2.72. The Kier molecular flexibility index (Phi) is 4.53. The fourth-order valence-corrected chi connectivity index (χ4v) is 1.16. The van der Waals surface area contributed by atoms with E-state index in [4.69, 9.17) is 16.9 Å². The van der Waals surface area contributed by atoms with Gasteiger partial charge in [-0.15, -0.1) is 11.6 Å². The summed E-state index contributed by atoms with van der Waals surface area (Å²) in [4.78, 5) is 0. The summed E-state index contributed by atoms with van der Waals surface area (Å²) in [7, 11) is 0. The second-order valence-electron chi connectivity index (χ2n) is 2.11. The van der Waals surface area contributed by atoms with Crippen LogP contribution in [0.2, 0.25) is 0 Å². The monoisotopic (exact) mass is 145 g/mol. The molecule has 0 aliphatic rings. The van der Waals surface area contributed by atoms with Crippen molar-refractivity contribution in [2.75, 3.05) is 0 Å². The van der Waals surface area contributed by atoms with Gasteiger partial charge >= 0.3 is 0 Å². The number of nitrogens with zero attached hydrogens (tertiary/aromatic N) is 1. The lowest BCUT2D eigenvalue weighted by molar-refractivity contribution is 0.510. The molecular weight excluding hydrogens is 134 g/mol. The number of hydrogen-bond donors (Lipinski definition) is 0. The molecule has 0 bridgehead atoms. The maximum absolute atomic E-state index is 8.39. The van der Waals surface area contributed by atoms with Gasteiger partial charge < -0.3 is 0 Å². The van der Waals surface area contributed by atoms with Gasteiger partial charge in [-0.05, 0) is 5.92 Å². The molecule has 0 N–H and O–H groups in total. The maximum atomic E-state index is 8.39. The van der Waals surface area contributed by atoms with Crippen LogP contribution in [0.25, 0.3) is 0 Å². The van der Waals surface area contributed by atoms with E-state index in [2.05, 4.69) is 13.8 Å². The molecule has 0 saturated heterocycles. The standard InChI is InChI=1S/C7H12ClN/c1-3-6(4-2)7(8)5-9/h6-7H,3-4H2,1-2H3. The Hall–Kier alpha value is -0.220. The predicted octanol–water partition coefficient (Wildman–Crippen LogP) is 2.55. The Balaban J connectivity index is 3.67. The summed E-state index contributed by atoms with van der Waals surface area (Å²) < 4.78 is 0. The second kappa shape index (κ2) is 4.64. The zero-order valence-corrected chi connectivity index (χ0v) is 6.65. The van der Waals surface area contributed by atoms with Crippen molar-refractivity contribution >= 4 is 11.6 Å². The molecule has 52 valence electrons. The van der Waals surface area contributed by atoms with E-state index in [0.717, 1.165) is 12.8 Å². The third-order valence-electron chi connectivity index (χ3n) is 1.59. The first-order chi connectivity index (χ1) is 4.26. The van der Waals surface area contributed by atoms with Crippen molar-refractivity contribution in [3.05, 3.63) is 0 Å². The molecule has 0 saturated carbocycles. The number of nitriles is 1. The lowest BCUT2D eigenvalue weighted by atomic mass is 10.0. The topological polar surface area (TPSA) is 23.8 Å². The van der Waals surface area contributed by atoms with E-state index in [1.165, 1.54) is 0 Å². The average Bonchev–Trinajstić information content (AvgIpc) is 1.90. The average molecular weight is 146 g/mol. The highest BCUT2D eigenvalue weighted by Crippen LogP contribution is 2.16. The molecule has 0 aliphatic carbocycles. The van der Waals surface area contributed by atoms with Gasteiger partial charge in [0.2, 0.25) is 0 Å². The minimum atomic E-state index is -0.292. The van der Waals surface area contributed by atoms with E-state index < -0.39 is 0 Å². The van der Waals surface area contributed by atoms with Gasteiger partial charge in [0.05, 0.1) is 6.07 Å². The van der Waals surface area contributed by atoms with E-state index in [0.29, 0.717) is 5.92 Å². The van der Waals surface area contributed by atoms with Gasteiger partial charge in [-0.2, -0.15) is 5.26 Å². The lowest BCUT2D eigenvalue weighted by Crippen LogP contribution is -2.10. The molecule has 1 unspecified atom stereocenters. The van der Waals surface area contributed by atoms with Gasteiger partial charge in [-0.3, -0.25) is 0 Å². The highest BCUT2D eigenvalue weighted by molar-refractivity contribution is 6.22. The number of hydrogen-bond acceptors (Lipinski definition) is 1. The minimum Gasteiger partial charge on any atom is -0.197 e. The van der Waals surface area contributed by atoms with Crippen LogP contribution in [0.4, 0.5) is 0 Å². The van der Waals surface area contributed by atoms with Crippen molar-refractivity contribution < 1.29 is 0 Å². The van der Waals surface area contributed by atoms with Crippen LogP contribution in [-0.2, 0) is 0 Å². The minimum absolute atomic E-state index is 0.292. The van der Waals surface area contributed by atoms with E-state index >= 15 is 0 Å². The molecule has 0 fully saturated rings. The van der Waals surface area contributed by atoms with Gasteiger partial charge in [0.1, 0.15) is 5.38 Å². The van der Waals surface area contributed by atoms with E-state index in [9.17, 15) is 0 Å². The molecule has 0 aliphatic heterocycles. The first kappa shape index (κ1) is 8.78. The summed E-state index contributed by atoms with van der Waals surface area (Å²) in [6.45, 7) is 4.11. The number of alkyl halides is 1. The van der Waals surface area contributed by atoms with Gasteiger partial charge in [-0.25, -0.2) is 0 Å². The lowest BCUT2D eigenvalue weighted by Gasteiger charge is -2.10. The quantitative estimate of drug-likeness (QED) is 0.560. The van der Waals surface area contributed by atoms with Crippen molar-refractivity contribution in [3.8, 4) is 6.07 Å². The predicted molar refractivity (Wildman–Crippen MR) is 39.3 cm³/mol. The largest absolute Gasteiger partial charge is 0.197 e. The molecule has 0 rings (SSSR count). The van der Waals surface area contributed by atoms with Crippen molar-refractivity contribution in [1.82, 2.24) is 0 Å². The summed E-state index contributed by atoms with van der Waals surface area (Å²) in [5.41, 5.74) is 0. The van der Waals surface area contributed by atoms with Crippen molar-refractivity contribution in [3.63, 3.8) is 0 Å². The molecule has 0 aromatic carbocycles. The van der Waals surface area contributed by atoms with Crippen LogP contribution in [0.15, 0.2) is 0 Å². The molecule has 1 atom stereocenters. The first-order valence-corrected chi connectivity index (χ1v) is 3.73. The van der Waals surface area contributed by atoms with Crippen LogP contribution in [-0.4, -0.2) is 5.38 Å². The molecule has 1 nitrogen and oxygen atoms in total. The highest BCUT2D eigenvalue weighted by Gasteiger charge is 2.13. The molecule has 0 aromatic rings. The zero-order valence-electron chi connectivity index (χ0n) is 5.89. The van der Waals surface area contributed by atoms with Gasteiger partial charge in [0.15, 0.2) is 0 Å². The summed E-state index contributed by atoms with van der Waals surface area (Å²) >= 11 is 5.67. The number of rotatable bonds is 3.